The van der Waals surface area contributed by atoms with Crippen molar-refractivity contribution in [1.82, 2.24) is 9.88 Å². The Morgan fingerprint density at radius 1 is 1.22 bits per heavy atom. The maximum atomic E-state index is 13.7. The second-order valence-corrected chi connectivity index (χ2v) is 5.94. The number of hydrogen-bond acceptors (Lipinski definition) is 4. The summed E-state index contributed by atoms with van der Waals surface area (Å²) < 4.78 is 27.4. The van der Waals surface area contributed by atoms with Crippen LogP contribution in [0, 0.1) is 11.6 Å². The number of nitrogens with zero attached hydrogens (tertiary/aromatic N) is 3. The van der Waals surface area contributed by atoms with Gasteiger partial charge in [0.25, 0.3) is 0 Å². The molecule has 0 unspecified atom stereocenters. The van der Waals surface area contributed by atoms with E-state index in [1.165, 1.54) is 17.9 Å². The van der Waals surface area contributed by atoms with Crippen LogP contribution in [-0.2, 0) is 4.79 Å². The molecule has 1 aromatic heterocycles. The summed E-state index contributed by atoms with van der Waals surface area (Å²) in [5, 5.41) is 0.402. The van der Waals surface area contributed by atoms with Gasteiger partial charge in [-0.25, -0.2) is 13.8 Å². The molecule has 8 heteroatoms. The Balaban J connectivity index is 0.00000264. The summed E-state index contributed by atoms with van der Waals surface area (Å²) in [6.07, 6.45) is 0. The van der Waals surface area contributed by atoms with Crippen molar-refractivity contribution in [1.29, 1.82) is 0 Å². The number of amides is 1. The zero-order chi connectivity index (χ0) is 16.3. The lowest BCUT2D eigenvalue weighted by Gasteiger charge is -2.23. The van der Waals surface area contributed by atoms with Crippen LogP contribution in [0.2, 0.25) is 0 Å². The number of anilines is 1. The van der Waals surface area contributed by atoms with Gasteiger partial charge in [0.2, 0.25) is 5.91 Å². The van der Waals surface area contributed by atoms with Gasteiger partial charge >= 0.3 is 0 Å². The average Bonchev–Trinajstić information content (AvgIpc) is 2.87. The predicted octanol–water partition coefficient (Wildman–Crippen LogP) is 3.69. The molecule has 0 N–H and O–H groups in total. The molecule has 2 rings (SSSR count). The molecule has 0 aliphatic heterocycles. The van der Waals surface area contributed by atoms with Crippen molar-refractivity contribution in [2.45, 2.75) is 20.8 Å². The van der Waals surface area contributed by atoms with E-state index in [9.17, 15) is 13.6 Å². The smallest absolute Gasteiger partial charge is 0.225 e. The van der Waals surface area contributed by atoms with Gasteiger partial charge in [-0.05, 0) is 19.2 Å². The summed E-state index contributed by atoms with van der Waals surface area (Å²) in [6.45, 7) is 8.52. The highest BCUT2D eigenvalue weighted by atomic mass is 35.5. The van der Waals surface area contributed by atoms with Crippen molar-refractivity contribution in [3.05, 3.63) is 23.8 Å². The van der Waals surface area contributed by atoms with E-state index in [0.717, 1.165) is 30.5 Å². The maximum absolute atomic E-state index is 13.7. The van der Waals surface area contributed by atoms with E-state index in [-0.39, 0.29) is 23.8 Å². The van der Waals surface area contributed by atoms with Gasteiger partial charge in [-0.2, -0.15) is 0 Å². The quantitative estimate of drug-likeness (QED) is 0.785. The van der Waals surface area contributed by atoms with Crippen molar-refractivity contribution >= 4 is 45.0 Å². The number of fused-ring (bicyclic) bond motifs is 1. The molecular formula is C15H20ClF2N3OS. The first-order valence-electron chi connectivity index (χ1n) is 7.22. The highest BCUT2D eigenvalue weighted by Gasteiger charge is 2.19. The Morgan fingerprint density at radius 2 is 1.87 bits per heavy atom. The highest BCUT2D eigenvalue weighted by molar-refractivity contribution is 7.22. The fourth-order valence-corrected chi connectivity index (χ4v) is 3.30. The van der Waals surface area contributed by atoms with Gasteiger partial charge in [0.15, 0.2) is 10.9 Å². The molecule has 1 aromatic carbocycles. The van der Waals surface area contributed by atoms with Crippen LogP contribution in [0.25, 0.3) is 10.2 Å². The van der Waals surface area contributed by atoms with E-state index in [0.29, 0.717) is 22.9 Å². The molecule has 0 aliphatic rings. The molecule has 0 fully saturated rings. The summed E-state index contributed by atoms with van der Waals surface area (Å²) >= 11 is 1.12. The van der Waals surface area contributed by atoms with E-state index < -0.39 is 11.6 Å². The number of carbonyl (C=O) groups excluding carboxylic acids is 1. The molecule has 2 aromatic rings. The first-order valence-corrected chi connectivity index (χ1v) is 8.04. The van der Waals surface area contributed by atoms with Crippen molar-refractivity contribution in [2.75, 3.05) is 31.1 Å². The van der Waals surface area contributed by atoms with Crippen LogP contribution < -0.4 is 4.90 Å². The Bertz CT molecular complexity index is 676. The minimum Gasteiger partial charge on any atom is -0.302 e. The molecule has 4 nitrogen and oxygen atoms in total. The van der Waals surface area contributed by atoms with E-state index in [2.05, 4.69) is 23.7 Å². The highest BCUT2D eigenvalue weighted by Crippen LogP contribution is 2.31. The van der Waals surface area contributed by atoms with Gasteiger partial charge in [0.1, 0.15) is 11.3 Å². The summed E-state index contributed by atoms with van der Waals surface area (Å²) in [6, 6.07) is 2.04. The van der Waals surface area contributed by atoms with Crippen molar-refractivity contribution in [2.24, 2.45) is 0 Å². The fourth-order valence-electron chi connectivity index (χ4n) is 2.23. The second-order valence-electron chi connectivity index (χ2n) is 4.93. The number of hydrogen-bond donors (Lipinski definition) is 0. The second kappa shape index (κ2) is 8.52. The number of thiazole rings is 1. The van der Waals surface area contributed by atoms with Crippen LogP contribution in [0.3, 0.4) is 0 Å². The summed E-state index contributed by atoms with van der Waals surface area (Å²) in [7, 11) is 0. The molecule has 23 heavy (non-hydrogen) atoms. The van der Waals surface area contributed by atoms with Gasteiger partial charge in [0.05, 0.1) is 4.70 Å². The standard InChI is InChI=1S/C15H19F2N3OS.ClH/c1-4-19(5-2)6-7-20(10(3)21)15-18-14-12(17)8-11(16)9-13(14)22-15;/h8-9H,4-7H2,1-3H3;1H. The Kier molecular flexibility index (Phi) is 7.31. The molecule has 0 bridgehead atoms. The molecule has 0 spiro atoms. The Labute approximate surface area is 144 Å². The van der Waals surface area contributed by atoms with Crippen molar-refractivity contribution < 1.29 is 13.6 Å². The summed E-state index contributed by atoms with van der Waals surface area (Å²) in [5.74, 6) is -1.51. The first kappa shape index (κ1) is 19.7. The minimum absolute atomic E-state index is 0. The van der Waals surface area contributed by atoms with Gasteiger partial charge in [-0.3, -0.25) is 9.69 Å². The first-order chi connectivity index (χ1) is 10.5. The van der Waals surface area contributed by atoms with Gasteiger partial charge < -0.3 is 4.90 Å². The van der Waals surface area contributed by atoms with Crippen LogP contribution in [0.4, 0.5) is 13.9 Å². The molecule has 0 aliphatic carbocycles. The topological polar surface area (TPSA) is 36.4 Å². The maximum Gasteiger partial charge on any atom is 0.225 e. The molecule has 0 saturated heterocycles. The van der Waals surface area contributed by atoms with Crippen LogP contribution in [-0.4, -0.2) is 42.0 Å². The normalized spacial score (nSPS) is 10.9. The molecule has 0 saturated carbocycles. The largest absolute Gasteiger partial charge is 0.302 e. The zero-order valence-electron chi connectivity index (χ0n) is 13.3. The third-order valence-electron chi connectivity index (χ3n) is 3.55. The number of likely N-dealkylation sites (N-methyl/N-ethyl adjacent to an activating group) is 1. The lowest BCUT2D eigenvalue weighted by molar-refractivity contribution is -0.116. The number of carbonyl (C=O) groups is 1. The third kappa shape index (κ3) is 4.59. The van der Waals surface area contributed by atoms with E-state index in [1.807, 2.05) is 0 Å². The van der Waals surface area contributed by atoms with Gasteiger partial charge in [0, 0.05) is 26.1 Å². The predicted molar refractivity (Wildman–Crippen MR) is 92.6 cm³/mol. The van der Waals surface area contributed by atoms with Crippen LogP contribution in [0.1, 0.15) is 20.8 Å². The third-order valence-corrected chi connectivity index (χ3v) is 4.57. The van der Waals surface area contributed by atoms with Gasteiger partial charge in [-0.15, -0.1) is 12.4 Å². The molecule has 1 heterocycles. The number of halogens is 3. The molecule has 0 radical (unpaired) electrons. The monoisotopic (exact) mass is 363 g/mol. The van der Waals surface area contributed by atoms with Crippen LogP contribution in [0.15, 0.2) is 12.1 Å². The van der Waals surface area contributed by atoms with E-state index >= 15 is 0 Å². The molecule has 1 amide bonds. The van der Waals surface area contributed by atoms with Crippen LogP contribution >= 0.6 is 23.7 Å². The molecule has 128 valence electrons. The summed E-state index contributed by atoms with van der Waals surface area (Å²) in [4.78, 5) is 19.7. The fraction of sp³-hybridized carbons (Fsp3) is 0.467. The number of aromatic nitrogens is 1. The minimum atomic E-state index is -0.704. The number of rotatable bonds is 6. The van der Waals surface area contributed by atoms with Gasteiger partial charge in [-0.1, -0.05) is 25.2 Å². The van der Waals surface area contributed by atoms with E-state index in [1.54, 1.807) is 0 Å². The molecule has 0 atom stereocenters. The van der Waals surface area contributed by atoms with Crippen LogP contribution in [0.5, 0.6) is 0 Å². The van der Waals surface area contributed by atoms with Crippen molar-refractivity contribution in [3.8, 4) is 0 Å². The summed E-state index contributed by atoms with van der Waals surface area (Å²) in [5.41, 5.74) is 0.107. The SMILES string of the molecule is CCN(CC)CCN(C(C)=O)c1nc2c(F)cc(F)cc2s1.Cl. The zero-order valence-corrected chi connectivity index (χ0v) is 14.9. The Morgan fingerprint density at radius 3 is 2.43 bits per heavy atom. The van der Waals surface area contributed by atoms with E-state index in [4.69, 9.17) is 0 Å². The Hall–Kier alpha value is -1.31. The average molecular weight is 364 g/mol. The molecular weight excluding hydrogens is 344 g/mol. The lowest BCUT2D eigenvalue weighted by Crippen LogP contribution is -2.37. The number of benzene rings is 1. The van der Waals surface area contributed by atoms with Crippen molar-refractivity contribution in [3.63, 3.8) is 0 Å². The lowest BCUT2D eigenvalue weighted by atomic mass is 10.3.